The number of nitrogens with one attached hydrogen (secondary N) is 2. The number of rotatable bonds is 6. The lowest BCUT2D eigenvalue weighted by atomic mass is 9.93. The first-order chi connectivity index (χ1) is 9.25. The van der Waals surface area contributed by atoms with Gasteiger partial charge in [0.15, 0.2) is 0 Å². The van der Waals surface area contributed by atoms with Crippen LogP contribution in [-0.4, -0.2) is 31.7 Å². The second-order valence-corrected chi connectivity index (χ2v) is 6.01. The molecule has 2 N–H and O–H groups in total. The lowest BCUT2D eigenvalue weighted by molar-refractivity contribution is -0.120. The van der Waals surface area contributed by atoms with E-state index in [4.69, 9.17) is 4.74 Å². The molecule has 2 heterocycles. The van der Waals surface area contributed by atoms with Gasteiger partial charge in [0.1, 0.15) is 0 Å². The largest absolute Gasteiger partial charge is 0.381 e. The molecule has 19 heavy (non-hydrogen) atoms. The number of hydrogen-bond donors (Lipinski definition) is 2. The molecule has 1 fully saturated rings. The van der Waals surface area contributed by atoms with E-state index < -0.39 is 0 Å². The van der Waals surface area contributed by atoms with Gasteiger partial charge in [0.2, 0.25) is 5.91 Å². The first kappa shape index (κ1) is 14.5. The SMILES string of the molecule is CC(NCC(=O)NCc1cccs1)C1CCOCC1. The summed E-state index contributed by atoms with van der Waals surface area (Å²) in [4.78, 5) is 12.9. The molecule has 4 nitrogen and oxygen atoms in total. The molecule has 1 amide bonds. The molecule has 106 valence electrons. The van der Waals surface area contributed by atoms with Crippen LogP contribution in [0.1, 0.15) is 24.6 Å². The van der Waals surface area contributed by atoms with Gasteiger partial charge in [-0.25, -0.2) is 0 Å². The van der Waals surface area contributed by atoms with E-state index in [-0.39, 0.29) is 5.91 Å². The van der Waals surface area contributed by atoms with Gasteiger partial charge >= 0.3 is 0 Å². The Kier molecular flexibility index (Phi) is 5.82. The summed E-state index contributed by atoms with van der Waals surface area (Å²) in [5.41, 5.74) is 0. The van der Waals surface area contributed by atoms with Crippen molar-refractivity contribution < 1.29 is 9.53 Å². The normalized spacial score (nSPS) is 18.2. The quantitative estimate of drug-likeness (QED) is 0.836. The van der Waals surface area contributed by atoms with Crippen LogP contribution in [-0.2, 0) is 16.1 Å². The van der Waals surface area contributed by atoms with Crippen molar-refractivity contribution in [3.05, 3.63) is 22.4 Å². The smallest absolute Gasteiger partial charge is 0.234 e. The van der Waals surface area contributed by atoms with E-state index in [1.807, 2.05) is 17.5 Å². The number of amides is 1. The summed E-state index contributed by atoms with van der Waals surface area (Å²) in [6, 6.07) is 4.40. The second-order valence-electron chi connectivity index (χ2n) is 4.98. The summed E-state index contributed by atoms with van der Waals surface area (Å²) in [5.74, 6) is 0.686. The Hall–Kier alpha value is -0.910. The number of hydrogen-bond acceptors (Lipinski definition) is 4. The van der Waals surface area contributed by atoms with Gasteiger partial charge in [-0.15, -0.1) is 11.3 Å². The van der Waals surface area contributed by atoms with Crippen molar-refractivity contribution in [2.45, 2.75) is 32.4 Å². The zero-order valence-corrected chi connectivity index (χ0v) is 12.2. The Morgan fingerprint density at radius 2 is 2.32 bits per heavy atom. The summed E-state index contributed by atoms with van der Waals surface area (Å²) in [5, 5.41) is 8.27. The van der Waals surface area contributed by atoms with Gasteiger partial charge in [-0.1, -0.05) is 6.07 Å². The van der Waals surface area contributed by atoms with Gasteiger partial charge in [0.05, 0.1) is 13.1 Å². The molecule has 5 heteroatoms. The minimum absolute atomic E-state index is 0.0623. The summed E-state index contributed by atoms with van der Waals surface area (Å²) < 4.78 is 5.35. The Labute approximate surface area is 118 Å². The number of carbonyl (C=O) groups excluding carboxylic acids is 1. The first-order valence-corrected chi connectivity index (χ1v) is 7.74. The number of thiophene rings is 1. The molecule has 0 aromatic carbocycles. The monoisotopic (exact) mass is 282 g/mol. The first-order valence-electron chi connectivity index (χ1n) is 6.86. The maximum atomic E-state index is 11.7. The molecule has 1 saturated heterocycles. The van der Waals surface area contributed by atoms with Gasteiger partial charge in [-0.3, -0.25) is 4.79 Å². The molecular weight excluding hydrogens is 260 g/mol. The highest BCUT2D eigenvalue weighted by atomic mass is 32.1. The van der Waals surface area contributed by atoms with E-state index in [1.165, 1.54) is 4.88 Å². The molecule has 1 aromatic heterocycles. The molecular formula is C14H22N2O2S. The molecule has 0 aliphatic carbocycles. The fourth-order valence-corrected chi connectivity index (χ4v) is 2.94. The molecule has 1 aliphatic rings. The van der Waals surface area contributed by atoms with Crippen molar-refractivity contribution in [2.24, 2.45) is 5.92 Å². The predicted molar refractivity (Wildman–Crippen MR) is 77.2 cm³/mol. The van der Waals surface area contributed by atoms with Crippen LogP contribution in [0.25, 0.3) is 0 Å². The molecule has 0 bridgehead atoms. The standard InChI is InChI=1S/C14H22N2O2S/c1-11(12-4-6-18-7-5-12)15-10-14(17)16-9-13-3-2-8-19-13/h2-3,8,11-12,15H,4-7,9-10H2,1H3,(H,16,17). The molecule has 0 radical (unpaired) electrons. The van der Waals surface area contributed by atoms with Crippen LogP contribution in [0.2, 0.25) is 0 Å². The van der Waals surface area contributed by atoms with Crippen molar-refractivity contribution in [3.8, 4) is 0 Å². The van der Waals surface area contributed by atoms with Crippen LogP contribution in [0.4, 0.5) is 0 Å². The van der Waals surface area contributed by atoms with E-state index in [2.05, 4.69) is 17.6 Å². The predicted octanol–water partition coefficient (Wildman–Crippen LogP) is 1.77. The van der Waals surface area contributed by atoms with Crippen LogP contribution in [0, 0.1) is 5.92 Å². The lowest BCUT2D eigenvalue weighted by Crippen LogP contribution is -2.42. The van der Waals surface area contributed by atoms with E-state index in [0.29, 0.717) is 25.0 Å². The zero-order valence-electron chi connectivity index (χ0n) is 11.4. The minimum Gasteiger partial charge on any atom is -0.381 e. The Balaban J connectivity index is 1.62. The fraction of sp³-hybridized carbons (Fsp3) is 0.643. The summed E-state index contributed by atoms with van der Waals surface area (Å²) in [6.45, 7) is 4.87. The molecule has 2 rings (SSSR count). The van der Waals surface area contributed by atoms with E-state index in [1.54, 1.807) is 11.3 Å². The van der Waals surface area contributed by atoms with E-state index in [9.17, 15) is 4.79 Å². The van der Waals surface area contributed by atoms with Crippen LogP contribution in [0.15, 0.2) is 17.5 Å². The van der Waals surface area contributed by atoms with Crippen LogP contribution in [0.3, 0.4) is 0 Å². The van der Waals surface area contributed by atoms with Crippen molar-refractivity contribution in [1.29, 1.82) is 0 Å². The summed E-state index contributed by atoms with van der Waals surface area (Å²) in [6.07, 6.45) is 2.18. The maximum Gasteiger partial charge on any atom is 0.234 e. The molecule has 1 aliphatic heterocycles. The lowest BCUT2D eigenvalue weighted by Gasteiger charge is -2.28. The second kappa shape index (κ2) is 7.62. The van der Waals surface area contributed by atoms with Crippen molar-refractivity contribution >= 4 is 17.2 Å². The van der Waals surface area contributed by atoms with Crippen LogP contribution in [0.5, 0.6) is 0 Å². The maximum absolute atomic E-state index is 11.7. The summed E-state index contributed by atoms with van der Waals surface area (Å²) >= 11 is 1.66. The number of carbonyl (C=O) groups is 1. The van der Waals surface area contributed by atoms with Crippen LogP contribution < -0.4 is 10.6 Å². The molecule has 1 unspecified atom stereocenters. The fourth-order valence-electron chi connectivity index (χ4n) is 2.30. The van der Waals surface area contributed by atoms with Gasteiger partial charge in [-0.2, -0.15) is 0 Å². The van der Waals surface area contributed by atoms with Crippen molar-refractivity contribution in [2.75, 3.05) is 19.8 Å². The van der Waals surface area contributed by atoms with Crippen LogP contribution >= 0.6 is 11.3 Å². The Bertz CT molecular complexity index is 375. The van der Waals surface area contributed by atoms with Gasteiger partial charge in [-0.05, 0) is 37.1 Å². The highest BCUT2D eigenvalue weighted by molar-refractivity contribution is 7.09. The minimum atomic E-state index is 0.0623. The molecule has 0 saturated carbocycles. The Morgan fingerprint density at radius 1 is 1.53 bits per heavy atom. The topological polar surface area (TPSA) is 50.4 Å². The van der Waals surface area contributed by atoms with E-state index in [0.717, 1.165) is 26.1 Å². The average Bonchev–Trinajstić information content (AvgIpc) is 2.96. The Morgan fingerprint density at radius 3 is 3.00 bits per heavy atom. The number of ether oxygens (including phenoxy) is 1. The molecule has 1 atom stereocenters. The summed E-state index contributed by atoms with van der Waals surface area (Å²) in [7, 11) is 0. The highest BCUT2D eigenvalue weighted by Crippen LogP contribution is 2.18. The average molecular weight is 282 g/mol. The van der Waals surface area contributed by atoms with Crippen molar-refractivity contribution in [3.63, 3.8) is 0 Å². The van der Waals surface area contributed by atoms with Crippen molar-refractivity contribution in [1.82, 2.24) is 10.6 Å². The van der Waals surface area contributed by atoms with Gasteiger partial charge < -0.3 is 15.4 Å². The molecule has 0 spiro atoms. The van der Waals surface area contributed by atoms with Gasteiger partial charge in [0, 0.05) is 24.1 Å². The third kappa shape index (κ3) is 4.93. The van der Waals surface area contributed by atoms with Gasteiger partial charge in [0.25, 0.3) is 0 Å². The third-order valence-corrected chi connectivity index (χ3v) is 4.47. The van der Waals surface area contributed by atoms with E-state index >= 15 is 0 Å². The third-order valence-electron chi connectivity index (χ3n) is 3.60. The highest BCUT2D eigenvalue weighted by Gasteiger charge is 2.20. The molecule has 1 aromatic rings. The zero-order chi connectivity index (χ0) is 13.5.